The normalized spacial score (nSPS) is 26.1. The van der Waals surface area contributed by atoms with Crippen LogP contribution in [0.2, 0.25) is 0 Å². The third-order valence-electron chi connectivity index (χ3n) is 5.99. The fourth-order valence-electron chi connectivity index (χ4n) is 4.80. The summed E-state index contributed by atoms with van der Waals surface area (Å²) in [5.74, 6) is 0.297. The molecule has 2 fully saturated rings. The topological polar surface area (TPSA) is 72.6 Å². The molecule has 2 aliphatic heterocycles. The summed E-state index contributed by atoms with van der Waals surface area (Å²) >= 11 is 0. The Hall–Kier alpha value is -2.82. The molecule has 0 aromatic heterocycles. The molecule has 0 saturated carbocycles. The van der Waals surface area contributed by atoms with Crippen molar-refractivity contribution < 1.29 is 14.3 Å². The summed E-state index contributed by atoms with van der Waals surface area (Å²) in [6, 6.07) is 19.1. The van der Waals surface area contributed by atoms with Crippen molar-refractivity contribution in [2.45, 2.75) is 37.8 Å². The SMILES string of the molecule is NC(=O)[C@]1(Cc2ccccc2)C[C@@H]2CC[C@H]1N2C(=O)COc1ccccc1. The molecular formula is C22H24N2O3. The largest absolute Gasteiger partial charge is 0.484 e. The van der Waals surface area contributed by atoms with Crippen LogP contribution in [-0.4, -0.2) is 35.4 Å². The lowest BCUT2D eigenvalue weighted by atomic mass is 9.69. The minimum atomic E-state index is -0.688. The number of primary amides is 1. The molecule has 2 amide bonds. The molecule has 3 atom stereocenters. The molecule has 2 aliphatic rings. The van der Waals surface area contributed by atoms with Crippen molar-refractivity contribution in [3.63, 3.8) is 0 Å². The van der Waals surface area contributed by atoms with Gasteiger partial charge >= 0.3 is 0 Å². The number of nitrogens with zero attached hydrogens (tertiary/aromatic N) is 1. The van der Waals surface area contributed by atoms with Gasteiger partial charge in [0.1, 0.15) is 5.75 Å². The predicted octanol–water partition coefficient (Wildman–Crippen LogP) is 2.54. The van der Waals surface area contributed by atoms with Crippen LogP contribution in [0.15, 0.2) is 60.7 Å². The molecule has 5 nitrogen and oxygen atoms in total. The molecule has 4 rings (SSSR count). The van der Waals surface area contributed by atoms with E-state index in [1.54, 1.807) is 0 Å². The maximum Gasteiger partial charge on any atom is 0.261 e. The average molecular weight is 364 g/mol. The van der Waals surface area contributed by atoms with E-state index in [0.717, 1.165) is 18.4 Å². The fraction of sp³-hybridized carbons (Fsp3) is 0.364. The summed E-state index contributed by atoms with van der Waals surface area (Å²) in [5, 5.41) is 0. The smallest absolute Gasteiger partial charge is 0.261 e. The van der Waals surface area contributed by atoms with E-state index in [1.165, 1.54) is 0 Å². The van der Waals surface area contributed by atoms with Crippen LogP contribution in [-0.2, 0) is 16.0 Å². The van der Waals surface area contributed by atoms with Gasteiger partial charge in [0.05, 0.1) is 5.41 Å². The Morgan fingerprint density at radius 3 is 2.37 bits per heavy atom. The first-order valence-electron chi connectivity index (χ1n) is 9.43. The molecule has 2 bridgehead atoms. The minimum Gasteiger partial charge on any atom is -0.484 e. The van der Waals surface area contributed by atoms with E-state index < -0.39 is 5.41 Å². The predicted molar refractivity (Wildman–Crippen MR) is 102 cm³/mol. The quantitative estimate of drug-likeness (QED) is 0.856. The van der Waals surface area contributed by atoms with Crippen LogP contribution >= 0.6 is 0 Å². The van der Waals surface area contributed by atoms with Gasteiger partial charge < -0.3 is 15.4 Å². The van der Waals surface area contributed by atoms with E-state index in [-0.39, 0.29) is 30.5 Å². The third kappa shape index (κ3) is 3.18. The number of hydrogen-bond donors (Lipinski definition) is 1. The Kier molecular flexibility index (Phi) is 4.60. The van der Waals surface area contributed by atoms with Crippen molar-refractivity contribution in [1.82, 2.24) is 4.90 Å². The molecule has 5 heteroatoms. The number of carbonyl (C=O) groups is 2. The second-order valence-corrected chi connectivity index (χ2v) is 7.54. The maximum atomic E-state index is 12.9. The summed E-state index contributed by atoms with van der Waals surface area (Å²) in [6.45, 7) is -0.0167. The number of benzene rings is 2. The zero-order chi connectivity index (χ0) is 18.9. The maximum absolute atomic E-state index is 12.9. The van der Waals surface area contributed by atoms with Crippen molar-refractivity contribution in [2.75, 3.05) is 6.61 Å². The second-order valence-electron chi connectivity index (χ2n) is 7.54. The van der Waals surface area contributed by atoms with Crippen molar-refractivity contribution in [3.05, 3.63) is 66.2 Å². The van der Waals surface area contributed by atoms with Gasteiger partial charge in [-0.1, -0.05) is 48.5 Å². The minimum absolute atomic E-state index is 0.0167. The Labute approximate surface area is 159 Å². The highest BCUT2D eigenvalue weighted by Crippen LogP contribution is 2.51. The number of para-hydroxylation sites is 1. The summed E-state index contributed by atoms with van der Waals surface area (Å²) in [7, 11) is 0. The Balaban J connectivity index is 1.52. The number of fused-ring (bicyclic) bond motifs is 2. The lowest BCUT2D eigenvalue weighted by Gasteiger charge is -2.34. The number of hydrogen-bond acceptors (Lipinski definition) is 3. The zero-order valence-electron chi connectivity index (χ0n) is 15.2. The molecule has 0 aliphatic carbocycles. The highest BCUT2D eigenvalue weighted by Gasteiger charge is 2.60. The molecule has 27 heavy (non-hydrogen) atoms. The summed E-state index contributed by atoms with van der Waals surface area (Å²) in [6.07, 6.45) is 2.95. The highest BCUT2D eigenvalue weighted by molar-refractivity contribution is 5.86. The van der Waals surface area contributed by atoms with Gasteiger partial charge in [0.25, 0.3) is 5.91 Å². The van der Waals surface area contributed by atoms with Crippen molar-refractivity contribution >= 4 is 11.8 Å². The van der Waals surface area contributed by atoms with Crippen molar-refractivity contribution in [2.24, 2.45) is 11.1 Å². The lowest BCUT2D eigenvalue weighted by molar-refractivity contribution is -0.137. The van der Waals surface area contributed by atoms with E-state index >= 15 is 0 Å². The van der Waals surface area contributed by atoms with Crippen LogP contribution in [0, 0.1) is 5.41 Å². The van der Waals surface area contributed by atoms with Gasteiger partial charge in [-0.3, -0.25) is 9.59 Å². The van der Waals surface area contributed by atoms with Crippen LogP contribution in [0.5, 0.6) is 5.75 Å². The fourth-order valence-corrected chi connectivity index (χ4v) is 4.80. The first-order chi connectivity index (χ1) is 13.1. The first-order valence-corrected chi connectivity index (χ1v) is 9.43. The average Bonchev–Trinajstić information content (AvgIpc) is 3.24. The highest BCUT2D eigenvalue weighted by atomic mass is 16.5. The summed E-state index contributed by atoms with van der Waals surface area (Å²) in [5.41, 5.74) is 6.28. The lowest BCUT2D eigenvalue weighted by Crippen LogP contribution is -2.50. The standard InChI is InChI=1S/C22H24N2O3/c23-21(26)22(13-16-7-3-1-4-8-16)14-17-11-12-19(22)24(17)20(25)15-27-18-9-5-2-6-10-18/h1-10,17,19H,11-15H2,(H2,23,26)/t17-,19+,22+/m0/s1. The molecule has 140 valence electrons. The van der Waals surface area contributed by atoms with E-state index in [2.05, 4.69) is 0 Å². The molecule has 2 heterocycles. The van der Waals surface area contributed by atoms with Gasteiger partial charge in [0.2, 0.25) is 5.91 Å². The van der Waals surface area contributed by atoms with Gasteiger partial charge in [-0.05, 0) is 43.4 Å². The van der Waals surface area contributed by atoms with Gasteiger partial charge in [-0.25, -0.2) is 0 Å². The Morgan fingerprint density at radius 2 is 1.70 bits per heavy atom. The number of carbonyl (C=O) groups excluding carboxylic acids is 2. The second kappa shape index (κ2) is 7.06. The van der Waals surface area contributed by atoms with Crippen LogP contribution in [0.1, 0.15) is 24.8 Å². The molecule has 2 aromatic carbocycles. The Morgan fingerprint density at radius 1 is 1.04 bits per heavy atom. The van der Waals surface area contributed by atoms with Crippen molar-refractivity contribution in [3.8, 4) is 5.75 Å². The van der Waals surface area contributed by atoms with Crippen LogP contribution in [0.25, 0.3) is 0 Å². The molecule has 0 radical (unpaired) electrons. The summed E-state index contributed by atoms with van der Waals surface area (Å²) < 4.78 is 5.64. The van der Waals surface area contributed by atoms with E-state index in [4.69, 9.17) is 10.5 Å². The molecule has 0 unspecified atom stereocenters. The number of nitrogens with two attached hydrogens (primary N) is 1. The van der Waals surface area contributed by atoms with E-state index in [0.29, 0.717) is 18.6 Å². The molecule has 2 N–H and O–H groups in total. The zero-order valence-corrected chi connectivity index (χ0v) is 15.2. The van der Waals surface area contributed by atoms with Gasteiger partial charge in [-0.15, -0.1) is 0 Å². The third-order valence-corrected chi connectivity index (χ3v) is 5.99. The van der Waals surface area contributed by atoms with E-state index in [1.807, 2.05) is 65.6 Å². The van der Waals surface area contributed by atoms with Gasteiger partial charge in [0, 0.05) is 12.1 Å². The van der Waals surface area contributed by atoms with Gasteiger partial charge in [0.15, 0.2) is 6.61 Å². The Bertz CT molecular complexity index is 824. The van der Waals surface area contributed by atoms with Crippen LogP contribution in [0.3, 0.4) is 0 Å². The summed E-state index contributed by atoms with van der Waals surface area (Å²) in [4.78, 5) is 27.3. The van der Waals surface area contributed by atoms with E-state index in [9.17, 15) is 9.59 Å². The van der Waals surface area contributed by atoms with Crippen molar-refractivity contribution in [1.29, 1.82) is 0 Å². The molecule has 0 spiro atoms. The number of ether oxygens (including phenoxy) is 1. The van der Waals surface area contributed by atoms with Crippen LogP contribution in [0.4, 0.5) is 0 Å². The number of amides is 2. The molecular weight excluding hydrogens is 340 g/mol. The molecule has 2 saturated heterocycles. The van der Waals surface area contributed by atoms with Gasteiger partial charge in [-0.2, -0.15) is 0 Å². The monoisotopic (exact) mass is 364 g/mol. The van der Waals surface area contributed by atoms with Crippen LogP contribution < -0.4 is 10.5 Å². The molecule has 2 aromatic rings. The first kappa shape index (κ1) is 17.6. The number of rotatable bonds is 6.